The summed E-state index contributed by atoms with van der Waals surface area (Å²) < 4.78 is 0. The molecule has 0 aliphatic carbocycles. The van der Waals surface area contributed by atoms with Gasteiger partial charge in [0.15, 0.2) is 0 Å². The fourth-order valence-electron chi connectivity index (χ4n) is 1.77. The van der Waals surface area contributed by atoms with Gasteiger partial charge in [0.05, 0.1) is 11.4 Å². The minimum Gasteiger partial charge on any atom is -0.481 e. The summed E-state index contributed by atoms with van der Waals surface area (Å²) in [6, 6.07) is 6.79. The third-order valence-electron chi connectivity index (χ3n) is 2.78. The lowest BCUT2D eigenvalue weighted by Gasteiger charge is -2.30. The van der Waals surface area contributed by atoms with Crippen molar-refractivity contribution in [2.24, 2.45) is 5.92 Å². The number of carboxylic acids is 1. The molecule has 0 fully saturated rings. The number of nitrogens with zero attached hydrogens (tertiary/aromatic N) is 1. The quantitative estimate of drug-likeness (QED) is 0.754. The average Bonchev–Trinajstić information content (AvgIpc) is 2.35. The van der Waals surface area contributed by atoms with Gasteiger partial charge in [-0.25, -0.2) is 0 Å². The van der Waals surface area contributed by atoms with Gasteiger partial charge in [0.25, 0.3) is 0 Å². The van der Waals surface area contributed by atoms with E-state index in [0.29, 0.717) is 11.4 Å². The first-order valence-electron chi connectivity index (χ1n) is 5.44. The van der Waals surface area contributed by atoms with E-state index in [9.17, 15) is 14.4 Å². The van der Waals surface area contributed by atoms with Crippen molar-refractivity contribution in [2.45, 2.75) is 6.92 Å². The number of para-hydroxylation sites is 2. The van der Waals surface area contributed by atoms with Crippen LogP contribution in [0.2, 0.25) is 0 Å². The molecule has 0 saturated heterocycles. The van der Waals surface area contributed by atoms with Crippen LogP contribution in [0, 0.1) is 5.92 Å². The molecule has 0 spiro atoms. The van der Waals surface area contributed by atoms with Crippen molar-refractivity contribution in [3.63, 3.8) is 0 Å². The molecule has 18 heavy (non-hydrogen) atoms. The Kier molecular flexibility index (Phi) is 3.01. The smallest absolute Gasteiger partial charge is 0.315 e. The average molecular weight is 248 g/mol. The monoisotopic (exact) mass is 248 g/mol. The van der Waals surface area contributed by atoms with E-state index in [4.69, 9.17) is 5.11 Å². The van der Waals surface area contributed by atoms with Gasteiger partial charge < -0.3 is 15.3 Å². The van der Waals surface area contributed by atoms with Gasteiger partial charge in [-0.05, 0) is 19.1 Å². The van der Waals surface area contributed by atoms with Crippen LogP contribution in [0.1, 0.15) is 6.92 Å². The predicted octanol–water partition coefficient (Wildman–Crippen LogP) is 0.692. The van der Waals surface area contributed by atoms with Gasteiger partial charge >= 0.3 is 5.97 Å². The topological polar surface area (TPSA) is 86.7 Å². The van der Waals surface area contributed by atoms with E-state index < -0.39 is 17.8 Å². The van der Waals surface area contributed by atoms with E-state index in [1.54, 1.807) is 24.3 Å². The summed E-state index contributed by atoms with van der Waals surface area (Å²) in [7, 11) is 0. The van der Waals surface area contributed by atoms with E-state index in [2.05, 4.69) is 5.32 Å². The fourth-order valence-corrected chi connectivity index (χ4v) is 1.77. The highest BCUT2D eigenvalue weighted by Gasteiger charge is 2.32. The number of hydrogen-bond donors (Lipinski definition) is 2. The molecule has 1 aromatic rings. The summed E-state index contributed by atoms with van der Waals surface area (Å²) in [5.41, 5.74) is 1.04. The zero-order valence-corrected chi connectivity index (χ0v) is 9.71. The second-order valence-corrected chi connectivity index (χ2v) is 4.05. The number of carbonyl (C=O) groups excluding carboxylic acids is 2. The maximum atomic E-state index is 12.0. The first-order valence-corrected chi connectivity index (χ1v) is 5.44. The molecule has 2 amide bonds. The van der Waals surface area contributed by atoms with Crippen LogP contribution in [0.3, 0.4) is 0 Å². The number of nitrogens with one attached hydrogen (secondary N) is 1. The minimum atomic E-state index is -1.21. The standard InChI is InChI=1S/C12H12N2O4/c1-7(12(17)18)11(16)14-6-10(15)13-8-4-2-3-5-9(8)14/h2-5,7H,6H2,1H3,(H,13,15)(H,17,18). The maximum Gasteiger partial charge on any atom is 0.315 e. The van der Waals surface area contributed by atoms with Crippen LogP contribution in [0.25, 0.3) is 0 Å². The van der Waals surface area contributed by atoms with E-state index in [1.165, 1.54) is 11.8 Å². The van der Waals surface area contributed by atoms with Crippen molar-refractivity contribution < 1.29 is 19.5 Å². The van der Waals surface area contributed by atoms with Gasteiger partial charge in [0, 0.05) is 0 Å². The molecule has 1 unspecified atom stereocenters. The molecule has 6 nitrogen and oxygen atoms in total. The van der Waals surface area contributed by atoms with Crippen LogP contribution in [0.4, 0.5) is 11.4 Å². The van der Waals surface area contributed by atoms with E-state index >= 15 is 0 Å². The summed E-state index contributed by atoms with van der Waals surface area (Å²) in [4.78, 5) is 35.5. The Hall–Kier alpha value is -2.37. The van der Waals surface area contributed by atoms with Crippen molar-refractivity contribution in [2.75, 3.05) is 16.8 Å². The molecule has 94 valence electrons. The molecule has 6 heteroatoms. The number of carboxylic acid groups (broad SMARTS) is 1. The molecular weight excluding hydrogens is 236 g/mol. The van der Waals surface area contributed by atoms with E-state index in [1.807, 2.05) is 0 Å². The normalized spacial score (nSPS) is 15.6. The fraction of sp³-hybridized carbons (Fsp3) is 0.250. The summed E-state index contributed by atoms with van der Waals surface area (Å²) >= 11 is 0. The molecule has 0 aromatic heterocycles. The number of hydrogen-bond acceptors (Lipinski definition) is 3. The lowest BCUT2D eigenvalue weighted by Crippen LogP contribution is -2.45. The van der Waals surface area contributed by atoms with E-state index in [0.717, 1.165) is 0 Å². The lowest BCUT2D eigenvalue weighted by atomic mass is 10.1. The Morgan fingerprint density at radius 2 is 2.06 bits per heavy atom. The summed E-state index contributed by atoms with van der Waals surface area (Å²) in [6.45, 7) is 1.15. The summed E-state index contributed by atoms with van der Waals surface area (Å²) in [6.07, 6.45) is 0. The first kappa shape index (κ1) is 12.1. The second kappa shape index (κ2) is 4.48. The Labute approximate surface area is 103 Å². The van der Waals surface area contributed by atoms with Gasteiger partial charge in [-0.1, -0.05) is 12.1 Å². The Morgan fingerprint density at radius 3 is 2.72 bits per heavy atom. The summed E-state index contributed by atoms with van der Waals surface area (Å²) in [5, 5.41) is 11.5. The number of anilines is 2. The van der Waals surface area contributed by atoms with Crippen molar-refractivity contribution in [1.82, 2.24) is 0 Å². The lowest BCUT2D eigenvalue weighted by molar-refractivity contribution is -0.145. The molecule has 2 rings (SSSR count). The molecular formula is C12H12N2O4. The highest BCUT2D eigenvalue weighted by molar-refractivity contribution is 6.13. The van der Waals surface area contributed by atoms with Crippen molar-refractivity contribution in [1.29, 1.82) is 0 Å². The highest BCUT2D eigenvalue weighted by atomic mass is 16.4. The number of aliphatic carboxylic acids is 1. The number of fused-ring (bicyclic) bond motifs is 1. The minimum absolute atomic E-state index is 0.159. The molecule has 0 radical (unpaired) electrons. The molecule has 1 aliphatic rings. The molecule has 0 saturated carbocycles. The van der Waals surface area contributed by atoms with Crippen LogP contribution in [-0.4, -0.2) is 29.4 Å². The molecule has 2 N–H and O–H groups in total. The predicted molar refractivity (Wildman–Crippen MR) is 64.2 cm³/mol. The Balaban J connectivity index is 2.37. The van der Waals surface area contributed by atoms with Crippen molar-refractivity contribution in [3.05, 3.63) is 24.3 Å². The van der Waals surface area contributed by atoms with Crippen LogP contribution in [-0.2, 0) is 14.4 Å². The van der Waals surface area contributed by atoms with Crippen LogP contribution >= 0.6 is 0 Å². The van der Waals surface area contributed by atoms with E-state index in [-0.39, 0.29) is 12.5 Å². The number of amides is 2. The zero-order valence-electron chi connectivity index (χ0n) is 9.71. The molecule has 1 heterocycles. The molecule has 0 bridgehead atoms. The van der Waals surface area contributed by atoms with Gasteiger partial charge in [-0.15, -0.1) is 0 Å². The molecule has 1 atom stereocenters. The van der Waals surface area contributed by atoms with Crippen LogP contribution < -0.4 is 10.2 Å². The zero-order chi connectivity index (χ0) is 13.3. The SMILES string of the molecule is CC(C(=O)O)C(=O)N1CC(=O)Nc2ccccc21. The summed E-state index contributed by atoms with van der Waals surface area (Å²) in [5.74, 6) is -3.31. The van der Waals surface area contributed by atoms with Gasteiger partial charge in [0.2, 0.25) is 11.8 Å². The highest BCUT2D eigenvalue weighted by Crippen LogP contribution is 2.29. The van der Waals surface area contributed by atoms with Gasteiger partial charge in [-0.3, -0.25) is 14.4 Å². The third kappa shape index (κ3) is 2.04. The van der Waals surface area contributed by atoms with Crippen molar-refractivity contribution >= 4 is 29.2 Å². The number of benzene rings is 1. The third-order valence-corrected chi connectivity index (χ3v) is 2.78. The Bertz CT molecular complexity index is 527. The van der Waals surface area contributed by atoms with Gasteiger partial charge in [0.1, 0.15) is 12.5 Å². The van der Waals surface area contributed by atoms with Gasteiger partial charge in [-0.2, -0.15) is 0 Å². The molecule has 1 aromatic carbocycles. The number of rotatable bonds is 2. The number of carbonyl (C=O) groups is 3. The Morgan fingerprint density at radius 1 is 1.39 bits per heavy atom. The largest absolute Gasteiger partial charge is 0.481 e. The first-order chi connectivity index (χ1) is 8.50. The second-order valence-electron chi connectivity index (χ2n) is 4.05. The van der Waals surface area contributed by atoms with Crippen LogP contribution in [0.15, 0.2) is 24.3 Å². The molecule has 1 aliphatic heterocycles. The maximum absolute atomic E-state index is 12.0. The van der Waals surface area contributed by atoms with Crippen molar-refractivity contribution in [3.8, 4) is 0 Å². The van der Waals surface area contributed by atoms with Crippen LogP contribution in [0.5, 0.6) is 0 Å².